The van der Waals surface area contributed by atoms with Gasteiger partial charge in [0.2, 0.25) is 35.5 Å². The zero-order valence-electron chi connectivity index (χ0n) is 54.6. The summed E-state index contributed by atoms with van der Waals surface area (Å²) in [5.74, 6) is -6.37. The first-order chi connectivity index (χ1) is 44.1. The second-order valence-corrected chi connectivity index (χ2v) is 28.4. The third-order valence-electron chi connectivity index (χ3n) is 17.0. The lowest BCUT2D eigenvalue weighted by Gasteiger charge is -2.37. The maximum absolute atomic E-state index is 14.7. The highest BCUT2D eigenvalue weighted by Crippen LogP contribution is 2.45. The van der Waals surface area contributed by atoms with Gasteiger partial charge < -0.3 is 57.3 Å². The molecule has 5 aromatic carbocycles. The van der Waals surface area contributed by atoms with Crippen LogP contribution >= 0.6 is 0 Å². The van der Waals surface area contributed by atoms with Crippen LogP contribution in [0.3, 0.4) is 0 Å². The summed E-state index contributed by atoms with van der Waals surface area (Å²) in [6, 6.07) is 21.7. The first-order valence-corrected chi connectivity index (χ1v) is 34.0. The van der Waals surface area contributed by atoms with Crippen LogP contribution in [-0.2, 0) is 67.2 Å². The minimum Gasteiger partial charge on any atom is -0.487 e. The Kier molecular flexibility index (Phi) is 23.0. The van der Waals surface area contributed by atoms with Crippen LogP contribution in [0.4, 0.5) is 0 Å². The van der Waals surface area contributed by atoms with Crippen LogP contribution < -0.4 is 56.6 Å². The summed E-state index contributed by atoms with van der Waals surface area (Å²) in [6.45, 7) is 17.4. The number of hydrogen-bond donors (Lipinski definition) is 13. The number of nitrogens with two attached hydrogens (primary N) is 1. The van der Waals surface area contributed by atoms with Crippen molar-refractivity contribution >= 4 is 67.5 Å². The average molecular weight is 1330 g/mol. The predicted octanol–water partition coefficient (Wildman–Crippen LogP) is 5.45. The lowest BCUT2D eigenvalue weighted by atomic mass is 9.77. The molecule has 0 spiro atoms. The van der Waals surface area contributed by atoms with E-state index in [4.69, 9.17) is 26.0 Å². The normalized spacial score (nSPS) is 15.0. The van der Waals surface area contributed by atoms with Gasteiger partial charge in [-0.05, 0) is 158 Å². The smallest absolute Gasteiger partial charge is 0.326 e. The topological polar surface area (TPSA) is 400 Å². The van der Waals surface area contributed by atoms with Gasteiger partial charge in [-0.15, -0.1) is 0 Å². The van der Waals surface area contributed by atoms with Gasteiger partial charge in [-0.1, -0.05) is 91.0 Å². The van der Waals surface area contributed by atoms with Crippen molar-refractivity contribution in [1.82, 2.24) is 41.3 Å². The summed E-state index contributed by atoms with van der Waals surface area (Å²) < 4.78 is 72.8. The van der Waals surface area contributed by atoms with Crippen molar-refractivity contribution in [1.29, 1.82) is 10.8 Å². The molecule has 2 aliphatic rings. The van der Waals surface area contributed by atoms with Crippen LogP contribution in [0, 0.1) is 52.4 Å². The van der Waals surface area contributed by atoms with Crippen molar-refractivity contribution in [3.63, 3.8) is 0 Å². The number of benzene rings is 5. The number of aliphatic carboxylic acids is 2. The third kappa shape index (κ3) is 17.2. The Balaban J connectivity index is 1.09. The van der Waals surface area contributed by atoms with Crippen molar-refractivity contribution in [2.24, 2.45) is 5.73 Å². The molecule has 4 atom stereocenters. The van der Waals surface area contributed by atoms with E-state index in [9.17, 15) is 55.8 Å². The molecule has 4 amide bonds. The number of carboxylic acids is 2. The van der Waals surface area contributed by atoms with Crippen LogP contribution in [-0.4, -0.2) is 123 Å². The standard InChI is InChI=1S/C67H87N11O14S2/c1-38-40(3)57(42(5)47-36-65(7,8)91-55(38)47)93(87,88)77-63(69)71-34-20-28-50(73-59(82)49(68)30-32-53(79)76-67(44-22-14-11-15-23-44,45-24-16-12-17-25-45)46-26-18-13-19-27-46)60(83)74-51(61(84)75-52(62(85)86)31-33-54(80)81)29-21-35-72-64(70)78-94(89,90)58-41(4)39(2)56-48(43(58)6)37-66(9,10)92-56/h11-19,22-27,49-52H,20-21,28-37,68H2,1-10H3,(H,73,82)(H,74,83)(H,75,84)(H,76,79)(H,80,81)(H,85,86)(H3,69,71,77)(H3,70,72,78)/t49-,50-,51-,52-/m0/s1. The molecule has 0 unspecified atom stereocenters. The lowest BCUT2D eigenvalue weighted by Crippen LogP contribution is -2.57. The number of fused-ring (bicyclic) bond motifs is 2. The fourth-order valence-corrected chi connectivity index (χ4v) is 15.2. The van der Waals surface area contributed by atoms with E-state index in [1.807, 2.05) is 119 Å². The Morgan fingerprint density at radius 2 is 0.904 bits per heavy atom. The van der Waals surface area contributed by atoms with Gasteiger partial charge in [0.05, 0.1) is 15.8 Å². The molecule has 5 aromatic rings. The number of amides is 4. The van der Waals surface area contributed by atoms with Gasteiger partial charge in [0.1, 0.15) is 46.4 Å². The highest BCUT2D eigenvalue weighted by molar-refractivity contribution is 7.90. The Labute approximate surface area is 549 Å². The molecular weight excluding hydrogens is 1250 g/mol. The van der Waals surface area contributed by atoms with Gasteiger partial charge in [0.25, 0.3) is 20.0 Å². The number of ether oxygens (including phenoxy) is 2. The molecule has 0 aromatic heterocycles. The van der Waals surface area contributed by atoms with Gasteiger partial charge in [0.15, 0.2) is 0 Å². The van der Waals surface area contributed by atoms with Crippen molar-refractivity contribution in [3.8, 4) is 11.5 Å². The van der Waals surface area contributed by atoms with Gasteiger partial charge >= 0.3 is 11.9 Å². The molecule has 0 radical (unpaired) electrons. The quantitative estimate of drug-likeness (QED) is 0.0122. The van der Waals surface area contributed by atoms with E-state index in [1.165, 1.54) is 0 Å². The molecule has 0 saturated carbocycles. The maximum atomic E-state index is 14.7. The second kappa shape index (κ2) is 29.9. The van der Waals surface area contributed by atoms with Crippen molar-refractivity contribution in [2.45, 2.75) is 184 Å². The second-order valence-electron chi connectivity index (χ2n) is 25.2. The Bertz CT molecular complexity index is 3850. The molecule has 0 bridgehead atoms. The molecule has 27 heteroatoms. The zero-order chi connectivity index (χ0) is 69.3. The minimum atomic E-state index is -4.36. The summed E-state index contributed by atoms with van der Waals surface area (Å²) in [6.07, 6.45) is -1.47. The molecule has 94 heavy (non-hydrogen) atoms. The van der Waals surface area contributed by atoms with E-state index in [2.05, 4.69) is 41.3 Å². The van der Waals surface area contributed by atoms with Gasteiger partial charge in [0, 0.05) is 49.9 Å². The molecule has 25 nitrogen and oxygen atoms in total. The molecule has 14 N–H and O–H groups in total. The number of sulfonamides is 2. The molecule has 506 valence electrons. The summed E-state index contributed by atoms with van der Waals surface area (Å²) in [5.41, 5.74) is 11.0. The number of carbonyl (C=O) groups excluding carboxylic acids is 4. The van der Waals surface area contributed by atoms with Gasteiger partial charge in [-0.25, -0.2) is 31.1 Å². The van der Waals surface area contributed by atoms with Crippen LogP contribution in [0.1, 0.15) is 140 Å². The largest absolute Gasteiger partial charge is 0.487 e. The average Bonchev–Trinajstić information content (AvgIpc) is 1.40. The van der Waals surface area contributed by atoms with Crippen molar-refractivity contribution < 1.29 is 65.3 Å². The van der Waals surface area contributed by atoms with Crippen molar-refractivity contribution in [3.05, 3.63) is 152 Å². The Morgan fingerprint density at radius 1 is 0.532 bits per heavy atom. The molecule has 2 heterocycles. The number of carboxylic acid groups (broad SMARTS) is 2. The van der Waals surface area contributed by atoms with E-state index in [0.29, 0.717) is 57.7 Å². The summed E-state index contributed by atoms with van der Waals surface area (Å²) in [5, 5.41) is 52.7. The molecule has 2 aliphatic heterocycles. The zero-order valence-corrected chi connectivity index (χ0v) is 56.3. The van der Waals surface area contributed by atoms with E-state index >= 15 is 0 Å². The van der Waals surface area contributed by atoms with E-state index in [-0.39, 0.29) is 61.4 Å². The molecular formula is C67H87N11O14S2. The fourth-order valence-electron chi connectivity index (χ4n) is 12.1. The number of nitrogens with one attached hydrogen (secondary N) is 10. The highest BCUT2D eigenvalue weighted by Gasteiger charge is 2.41. The maximum Gasteiger partial charge on any atom is 0.326 e. The number of guanidine groups is 2. The molecule has 0 saturated heterocycles. The Morgan fingerprint density at radius 3 is 1.28 bits per heavy atom. The van der Waals surface area contributed by atoms with E-state index in [0.717, 1.165) is 27.8 Å². The van der Waals surface area contributed by atoms with Crippen LogP contribution in [0.15, 0.2) is 101 Å². The minimum absolute atomic E-state index is 0.00666. The lowest BCUT2D eigenvalue weighted by molar-refractivity contribution is -0.143. The summed E-state index contributed by atoms with van der Waals surface area (Å²) >= 11 is 0. The number of carbonyl (C=O) groups is 6. The molecule has 0 aliphatic carbocycles. The first kappa shape index (κ1) is 72.3. The van der Waals surface area contributed by atoms with Crippen molar-refractivity contribution in [2.75, 3.05) is 13.1 Å². The predicted molar refractivity (Wildman–Crippen MR) is 354 cm³/mol. The van der Waals surface area contributed by atoms with Crippen LogP contribution in [0.5, 0.6) is 11.5 Å². The van der Waals surface area contributed by atoms with Crippen LogP contribution in [0.2, 0.25) is 0 Å². The molecule has 0 fully saturated rings. The van der Waals surface area contributed by atoms with Gasteiger partial charge in [-0.3, -0.25) is 34.8 Å². The number of rotatable bonds is 29. The monoisotopic (exact) mass is 1330 g/mol. The molecule has 7 rings (SSSR count). The summed E-state index contributed by atoms with van der Waals surface area (Å²) in [4.78, 5) is 81.2. The fraction of sp³-hybridized carbons (Fsp3) is 0.433. The third-order valence-corrected chi connectivity index (χ3v) is 20.3. The van der Waals surface area contributed by atoms with E-state index < -0.39 is 121 Å². The summed E-state index contributed by atoms with van der Waals surface area (Å²) in [7, 11) is -8.72. The van der Waals surface area contributed by atoms with E-state index in [1.54, 1.807) is 41.5 Å². The Hall–Kier alpha value is -9.08. The highest BCUT2D eigenvalue weighted by atomic mass is 32.2. The first-order valence-electron chi connectivity index (χ1n) is 31.0. The SMILES string of the molecule is Cc1c(C)c(S(=O)(=O)NC(=N)NCCC[C@H](NC(=O)[C@H](CCCNC(=N)NS(=O)(=O)c2c(C)c(C)c3c(c2C)CC(C)(C)O3)NC(=O)[C@@H](N)CCC(=O)NC(c2ccccc2)(c2ccccc2)c2ccccc2)C(=O)N[C@@H](CCC(=O)O)C(=O)O)c(C)c2c1OC(C)(C)C2. The number of hydrogen-bond acceptors (Lipinski definition) is 15. The van der Waals surface area contributed by atoms with Crippen LogP contribution in [0.25, 0.3) is 0 Å². The van der Waals surface area contributed by atoms with Gasteiger partial charge in [-0.2, -0.15) is 0 Å².